The van der Waals surface area contributed by atoms with E-state index in [0.29, 0.717) is 27.1 Å². The first-order valence-electron chi connectivity index (χ1n) is 7.39. The molecule has 0 radical (unpaired) electrons. The summed E-state index contributed by atoms with van der Waals surface area (Å²) in [6, 6.07) is 11.7. The van der Waals surface area contributed by atoms with Gasteiger partial charge in [-0.15, -0.1) is 0 Å². The van der Waals surface area contributed by atoms with Crippen LogP contribution in [0, 0.1) is 0 Å². The Kier molecular flexibility index (Phi) is 4.70. The van der Waals surface area contributed by atoms with E-state index < -0.39 is 17.9 Å². The molecule has 5 nitrogen and oxygen atoms in total. The Bertz CT molecular complexity index is 966. The normalized spacial score (nSPS) is 12.2. The van der Waals surface area contributed by atoms with Crippen LogP contribution in [0.2, 0.25) is 10.0 Å². The topological polar surface area (TPSA) is 90.4 Å². The van der Waals surface area contributed by atoms with Crippen molar-refractivity contribution in [2.75, 3.05) is 0 Å². The highest BCUT2D eigenvalue weighted by molar-refractivity contribution is 6.39. The zero-order chi connectivity index (χ0) is 18.1. The van der Waals surface area contributed by atoms with Crippen LogP contribution >= 0.6 is 23.2 Å². The average molecular weight is 378 g/mol. The van der Waals surface area contributed by atoms with Crippen LogP contribution in [0.4, 0.5) is 0 Å². The highest BCUT2D eigenvalue weighted by Crippen LogP contribution is 2.35. The van der Waals surface area contributed by atoms with Gasteiger partial charge in [0.25, 0.3) is 0 Å². The Hall–Kier alpha value is -2.50. The Morgan fingerprint density at radius 3 is 2.36 bits per heavy atom. The van der Waals surface area contributed by atoms with Gasteiger partial charge >= 0.3 is 11.9 Å². The molecule has 0 bridgehead atoms. The summed E-state index contributed by atoms with van der Waals surface area (Å²) in [4.78, 5) is 26.2. The molecule has 0 fully saturated rings. The van der Waals surface area contributed by atoms with Crippen molar-refractivity contribution in [2.24, 2.45) is 0 Å². The van der Waals surface area contributed by atoms with Crippen molar-refractivity contribution in [1.82, 2.24) is 4.98 Å². The van der Waals surface area contributed by atoms with Crippen molar-refractivity contribution in [3.63, 3.8) is 0 Å². The second kappa shape index (κ2) is 6.78. The summed E-state index contributed by atoms with van der Waals surface area (Å²) in [6.07, 6.45) is -0.0116. The van der Waals surface area contributed by atoms with Crippen molar-refractivity contribution in [2.45, 2.75) is 12.3 Å². The van der Waals surface area contributed by atoms with Crippen LogP contribution in [0.5, 0.6) is 0 Å². The maximum Gasteiger partial charge on any atom is 0.352 e. The molecule has 1 heterocycles. The van der Waals surface area contributed by atoms with Gasteiger partial charge in [0.1, 0.15) is 5.69 Å². The third-order valence-corrected chi connectivity index (χ3v) is 4.56. The Labute approximate surface area is 152 Å². The van der Waals surface area contributed by atoms with Crippen LogP contribution in [0.15, 0.2) is 42.5 Å². The van der Waals surface area contributed by atoms with Gasteiger partial charge in [-0.05, 0) is 29.7 Å². The van der Waals surface area contributed by atoms with E-state index in [1.54, 1.807) is 36.4 Å². The zero-order valence-electron chi connectivity index (χ0n) is 12.8. The number of aromatic amines is 1. The number of H-pyrrole nitrogens is 1. The quantitative estimate of drug-likeness (QED) is 0.606. The number of fused-ring (bicyclic) bond motifs is 1. The van der Waals surface area contributed by atoms with Crippen molar-refractivity contribution in [3.8, 4) is 0 Å². The van der Waals surface area contributed by atoms with Crippen LogP contribution in [-0.2, 0) is 11.2 Å². The third-order valence-electron chi connectivity index (χ3n) is 4.04. The van der Waals surface area contributed by atoms with Gasteiger partial charge in [-0.3, -0.25) is 4.79 Å². The summed E-state index contributed by atoms with van der Waals surface area (Å²) < 4.78 is 0. The lowest BCUT2D eigenvalue weighted by Crippen LogP contribution is -2.16. The summed E-state index contributed by atoms with van der Waals surface area (Å²) in [5.74, 6) is -3.12. The monoisotopic (exact) mass is 377 g/mol. The number of aromatic nitrogens is 1. The van der Waals surface area contributed by atoms with Gasteiger partial charge in [0.2, 0.25) is 0 Å². The molecular formula is C18H13Cl2NO4. The van der Waals surface area contributed by atoms with E-state index in [9.17, 15) is 19.8 Å². The lowest BCUT2D eigenvalue weighted by atomic mass is 9.90. The first-order chi connectivity index (χ1) is 11.9. The molecule has 2 aromatic carbocycles. The molecule has 128 valence electrons. The summed E-state index contributed by atoms with van der Waals surface area (Å²) in [5, 5.41) is 20.2. The molecule has 3 aromatic rings. The molecule has 0 saturated carbocycles. The van der Waals surface area contributed by atoms with Crippen LogP contribution < -0.4 is 0 Å². The van der Waals surface area contributed by atoms with Crippen molar-refractivity contribution >= 4 is 46.0 Å². The number of aromatic carboxylic acids is 1. The first kappa shape index (κ1) is 17.3. The highest BCUT2D eigenvalue weighted by atomic mass is 35.5. The fraction of sp³-hybridized carbons (Fsp3) is 0.111. The molecule has 3 N–H and O–H groups in total. The van der Waals surface area contributed by atoms with Gasteiger partial charge in [0.15, 0.2) is 0 Å². The van der Waals surface area contributed by atoms with E-state index >= 15 is 0 Å². The molecule has 7 heteroatoms. The molecule has 0 saturated heterocycles. The second-order valence-corrected chi connectivity index (χ2v) is 6.44. The zero-order valence-corrected chi connectivity index (χ0v) is 14.3. The summed E-state index contributed by atoms with van der Waals surface area (Å²) in [7, 11) is 0. The Morgan fingerprint density at radius 1 is 1.08 bits per heavy atom. The molecule has 0 spiro atoms. The van der Waals surface area contributed by atoms with E-state index in [2.05, 4.69) is 4.98 Å². The molecule has 0 aliphatic carbocycles. The maximum atomic E-state index is 11.8. The molecule has 1 aromatic heterocycles. The van der Waals surface area contributed by atoms with E-state index in [0.717, 1.165) is 0 Å². The smallest absolute Gasteiger partial charge is 0.352 e. The Morgan fingerprint density at radius 2 is 1.76 bits per heavy atom. The fourth-order valence-corrected chi connectivity index (χ4v) is 3.55. The minimum atomic E-state index is -1.18. The van der Waals surface area contributed by atoms with Gasteiger partial charge < -0.3 is 15.2 Å². The largest absolute Gasteiger partial charge is 0.481 e. The van der Waals surface area contributed by atoms with E-state index in [4.69, 9.17) is 23.2 Å². The molecule has 0 aliphatic rings. The first-order valence-corrected chi connectivity index (χ1v) is 8.14. The fourth-order valence-electron chi connectivity index (χ4n) is 2.94. The van der Waals surface area contributed by atoms with E-state index in [1.165, 1.54) is 6.07 Å². The van der Waals surface area contributed by atoms with Crippen molar-refractivity contribution in [1.29, 1.82) is 0 Å². The predicted molar refractivity (Wildman–Crippen MR) is 95.8 cm³/mol. The van der Waals surface area contributed by atoms with Crippen LogP contribution in [0.3, 0.4) is 0 Å². The van der Waals surface area contributed by atoms with Crippen molar-refractivity contribution < 1.29 is 19.8 Å². The minimum Gasteiger partial charge on any atom is -0.481 e. The predicted octanol–water partition coefficient (Wildman–Crippen LogP) is 4.58. The summed E-state index contributed by atoms with van der Waals surface area (Å²) in [5.41, 5.74) is 1.31. The lowest BCUT2D eigenvalue weighted by molar-refractivity contribution is -0.138. The summed E-state index contributed by atoms with van der Waals surface area (Å²) in [6.45, 7) is 0. The number of nitrogens with one attached hydrogen (secondary N) is 1. The molecule has 1 unspecified atom stereocenters. The minimum absolute atomic E-state index is 0.0116. The Balaban J connectivity index is 2.18. The van der Waals surface area contributed by atoms with Gasteiger partial charge in [-0.25, -0.2) is 4.79 Å². The number of rotatable bonds is 5. The average Bonchev–Trinajstić information content (AvgIpc) is 2.91. The van der Waals surface area contributed by atoms with Gasteiger partial charge in [-0.2, -0.15) is 0 Å². The molecular weight excluding hydrogens is 365 g/mol. The number of carboxylic acid groups (broad SMARTS) is 2. The maximum absolute atomic E-state index is 11.8. The molecule has 0 amide bonds. The number of carbonyl (C=O) groups is 2. The van der Waals surface area contributed by atoms with Gasteiger partial charge in [0.05, 0.1) is 10.9 Å². The third kappa shape index (κ3) is 3.34. The number of aliphatic carboxylic acids is 1. The standard InChI is InChI=1S/C18H13Cl2NO4/c19-10-6-13(20)15-12(16(18(24)25)21-14(15)7-10)8-11(17(22)23)9-4-2-1-3-5-9/h1-7,11,21H,8H2,(H,22,23)(H,24,25). The molecule has 3 rings (SSSR count). The van der Waals surface area contributed by atoms with Crippen LogP contribution in [-0.4, -0.2) is 27.1 Å². The van der Waals surface area contributed by atoms with E-state index in [1.807, 2.05) is 0 Å². The molecule has 1 atom stereocenters. The second-order valence-electron chi connectivity index (χ2n) is 5.60. The number of halogens is 2. The SMILES string of the molecule is O=C(O)c1[nH]c2cc(Cl)cc(Cl)c2c1CC(C(=O)O)c1ccccc1. The van der Waals surface area contributed by atoms with Crippen LogP contribution in [0.25, 0.3) is 10.9 Å². The lowest BCUT2D eigenvalue weighted by Gasteiger charge is -2.13. The molecule has 25 heavy (non-hydrogen) atoms. The van der Waals surface area contributed by atoms with Crippen LogP contribution in [0.1, 0.15) is 27.5 Å². The van der Waals surface area contributed by atoms with Gasteiger partial charge in [0, 0.05) is 15.9 Å². The van der Waals surface area contributed by atoms with E-state index in [-0.39, 0.29) is 17.1 Å². The van der Waals surface area contributed by atoms with Gasteiger partial charge in [-0.1, -0.05) is 53.5 Å². The number of hydrogen-bond donors (Lipinski definition) is 3. The highest BCUT2D eigenvalue weighted by Gasteiger charge is 2.27. The molecule has 0 aliphatic heterocycles. The number of hydrogen-bond acceptors (Lipinski definition) is 2. The summed E-state index contributed by atoms with van der Waals surface area (Å²) >= 11 is 12.2. The number of benzene rings is 2. The number of carboxylic acids is 2. The van der Waals surface area contributed by atoms with Crippen molar-refractivity contribution in [3.05, 3.63) is 69.3 Å².